The summed E-state index contributed by atoms with van der Waals surface area (Å²) < 4.78 is 2.18. The third-order valence-corrected chi connectivity index (χ3v) is 2.65. The number of hydrogen-bond donors (Lipinski definition) is 1. The monoisotopic (exact) mass is 180 g/mol. The molecule has 4 nitrogen and oxygen atoms in total. The zero-order chi connectivity index (χ0) is 9.26. The molecular formula is C9H16N4. The summed E-state index contributed by atoms with van der Waals surface area (Å²) in [5.41, 5.74) is 0. The highest BCUT2D eigenvalue weighted by Gasteiger charge is 2.21. The molecule has 0 bridgehead atoms. The van der Waals surface area contributed by atoms with Crippen molar-refractivity contribution in [3.05, 3.63) is 11.6 Å². The second kappa shape index (κ2) is 3.46. The topological polar surface area (TPSA) is 42.7 Å². The van der Waals surface area contributed by atoms with Crippen LogP contribution in [-0.4, -0.2) is 21.3 Å². The van der Waals surface area contributed by atoms with E-state index in [2.05, 4.69) is 27.0 Å². The normalized spacial score (nSPS) is 22.5. The van der Waals surface area contributed by atoms with Crippen LogP contribution in [0.4, 0.5) is 0 Å². The van der Waals surface area contributed by atoms with Gasteiger partial charge >= 0.3 is 0 Å². The number of nitrogens with zero attached hydrogens (tertiary/aromatic N) is 3. The van der Waals surface area contributed by atoms with Crippen molar-refractivity contribution in [3.63, 3.8) is 0 Å². The second-order valence-electron chi connectivity index (χ2n) is 3.50. The van der Waals surface area contributed by atoms with Gasteiger partial charge in [0, 0.05) is 6.54 Å². The van der Waals surface area contributed by atoms with Gasteiger partial charge in [0.05, 0.1) is 6.04 Å². The molecule has 0 spiro atoms. The lowest BCUT2D eigenvalue weighted by Gasteiger charge is -2.10. The molecule has 1 aromatic rings. The fourth-order valence-corrected chi connectivity index (χ4v) is 1.95. The average molecular weight is 180 g/mol. The Morgan fingerprint density at radius 1 is 1.54 bits per heavy atom. The number of aryl methyl sites for hydroxylation is 1. The molecule has 1 aliphatic heterocycles. The van der Waals surface area contributed by atoms with E-state index in [4.69, 9.17) is 0 Å². The largest absolute Gasteiger partial charge is 0.314 e. The summed E-state index contributed by atoms with van der Waals surface area (Å²) in [5.74, 6) is 2.13. The Morgan fingerprint density at radius 2 is 2.38 bits per heavy atom. The van der Waals surface area contributed by atoms with Crippen molar-refractivity contribution < 1.29 is 0 Å². The van der Waals surface area contributed by atoms with Crippen molar-refractivity contribution in [2.75, 3.05) is 6.54 Å². The Morgan fingerprint density at radius 3 is 3.00 bits per heavy atom. The first-order chi connectivity index (χ1) is 6.33. The van der Waals surface area contributed by atoms with Gasteiger partial charge in [-0.2, -0.15) is 0 Å². The highest BCUT2D eigenvalue weighted by Crippen LogP contribution is 2.21. The maximum atomic E-state index is 4.22. The van der Waals surface area contributed by atoms with Gasteiger partial charge in [-0.05, 0) is 33.2 Å². The van der Waals surface area contributed by atoms with E-state index in [9.17, 15) is 0 Å². The molecule has 0 aromatic carbocycles. The quantitative estimate of drug-likeness (QED) is 0.739. The standard InChI is InChI=1S/C9H16N4/c1-3-13-7(2)11-12-9(13)8-5-4-6-10-8/h8,10H,3-6H2,1-2H3/t8-/m1/s1. The predicted molar refractivity (Wildman–Crippen MR) is 50.4 cm³/mol. The molecule has 1 atom stereocenters. The molecule has 1 saturated heterocycles. The van der Waals surface area contributed by atoms with E-state index in [-0.39, 0.29) is 0 Å². The van der Waals surface area contributed by atoms with E-state index in [0.29, 0.717) is 6.04 Å². The minimum absolute atomic E-state index is 0.432. The highest BCUT2D eigenvalue weighted by molar-refractivity contribution is 5.01. The molecule has 2 heterocycles. The van der Waals surface area contributed by atoms with Crippen molar-refractivity contribution in [3.8, 4) is 0 Å². The lowest BCUT2D eigenvalue weighted by atomic mass is 10.2. The van der Waals surface area contributed by atoms with Gasteiger partial charge < -0.3 is 9.88 Å². The van der Waals surface area contributed by atoms with Crippen molar-refractivity contribution in [1.82, 2.24) is 20.1 Å². The van der Waals surface area contributed by atoms with Gasteiger partial charge in [-0.1, -0.05) is 0 Å². The summed E-state index contributed by atoms with van der Waals surface area (Å²) >= 11 is 0. The van der Waals surface area contributed by atoms with Crippen LogP contribution < -0.4 is 5.32 Å². The van der Waals surface area contributed by atoms with Crippen LogP contribution in [0.5, 0.6) is 0 Å². The molecule has 0 saturated carbocycles. The smallest absolute Gasteiger partial charge is 0.150 e. The van der Waals surface area contributed by atoms with Gasteiger partial charge in [-0.15, -0.1) is 10.2 Å². The number of hydrogen-bond acceptors (Lipinski definition) is 3. The molecule has 0 amide bonds. The lowest BCUT2D eigenvalue weighted by Crippen LogP contribution is -2.18. The van der Waals surface area contributed by atoms with Crippen LogP contribution in [0, 0.1) is 6.92 Å². The highest BCUT2D eigenvalue weighted by atomic mass is 15.3. The van der Waals surface area contributed by atoms with Crippen molar-refractivity contribution in [1.29, 1.82) is 0 Å². The minimum atomic E-state index is 0.432. The molecule has 1 fully saturated rings. The molecule has 1 N–H and O–H groups in total. The Balaban J connectivity index is 2.27. The predicted octanol–water partition coefficient (Wildman–Crippen LogP) is 1.03. The maximum Gasteiger partial charge on any atom is 0.150 e. The van der Waals surface area contributed by atoms with Gasteiger partial charge in [-0.25, -0.2) is 0 Å². The maximum absolute atomic E-state index is 4.22. The van der Waals surface area contributed by atoms with Gasteiger partial charge in [0.25, 0.3) is 0 Å². The summed E-state index contributed by atoms with van der Waals surface area (Å²) in [6.45, 7) is 6.22. The third-order valence-electron chi connectivity index (χ3n) is 2.65. The summed E-state index contributed by atoms with van der Waals surface area (Å²) in [6, 6.07) is 0.432. The van der Waals surface area contributed by atoms with Gasteiger partial charge in [-0.3, -0.25) is 0 Å². The summed E-state index contributed by atoms with van der Waals surface area (Å²) in [6.07, 6.45) is 2.44. The number of nitrogens with one attached hydrogen (secondary N) is 1. The fraction of sp³-hybridized carbons (Fsp3) is 0.778. The van der Waals surface area contributed by atoms with Crippen LogP contribution in [0.25, 0.3) is 0 Å². The Labute approximate surface area is 78.4 Å². The zero-order valence-electron chi connectivity index (χ0n) is 8.25. The van der Waals surface area contributed by atoms with E-state index in [1.807, 2.05) is 6.92 Å². The zero-order valence-corrected chi connectivity index (χ0v) is 8.25. The van der Waals surface area contributed by atoms with Gasteiger partial charge in [0.1, 0.15) is 11.6 Å². The molecule has 0 radical (unpaired) electrons. The summed E-state index contributed by atoms with van der Waals surface area (Å²) in [4.78, 5) is 0. The Bertz CT molecular complexity index is 286. The van der Waals surface area contributed by atoms with Crippen molar-refractivity contribution in [2.24, 2.45) is 0 Å². The molecule has 0 aliphatic carbocycles. The van der Waals surface area contributed by atoms with E-state index < -0.39 is 0 Å². The van der Waals surface area contributed by atoms with E-state index in [0.717, 1.165) is 24.7 Å². The molecule has 4 heteroatoms. The minimum Gasteiger partial charge on any atom is -0.314 e. The first-order valence-corrected chi connectivity index (χ1v) is 4.96. The molecule has 72 valence electrons. The van der Waals surface area contributed by atoms with Crippen molar-refractivity contribution >= 4 is 0 Å². The number of aromatic nitrogens is 3. The molecule has 2 rings (SSSR count). The summed E-state index contributed by atoms with van der Waals surface area (Å²) in [5, 5.41) is 11.8. The third kappa shape index (κ3) is 1.46. The Kier molecular flexibility index (Phi) is 2.31. The van der Waals surface area contributed by atoms with Crippen LogP contribution in [-0.2, 0) is 6.54 Å². The first kappa shape index (κ1) is 8.69. The van der Waals surface area contributed by atoms with Crippen LogP contribution in [0.15, 0.2) is 0 Å². The van der Waals surface area contributed by atoms with Gasteiger partial charge in [0.15, 0.2) is 0 Å². The van der Waals surface area contributed by atoms with Crippen LogP contribution in [0.3, 0.4) is 0 Å². The second-order valence-corrected chi connectivity index (χ2v) is 3.50. The SMILES string of the molecule is CCn1c(C)nnc1[C@H]1CCCN1. The summed E-state index contributed by atoms with van der Waals surface area (Å²) in [7, 11) is 0. The van der Waals surface area contributed by atoms with E-state index in [1.54, 1.807) is 0 Å². The lowest BCUT2D eigenvalue weighted by molar-refractivity contribution is 0.553. The van der Waals surface area contributed by atoms with Crippen LogP contribution >= 0.6 is 0 Å². The average Bonchev–Trinajstić information content (AvgIpc) is 2.71. The van der Waals surface area contributed by atoms with E-state index >= 15 is 0 Å². The molecule has 13 heavy (non-hydrogen) atoms. The fourth-order valence-electron chi connectivity index (χ4n) is 1.95. The molecule has 1 aliphatic rings. The molecular weight excluding hydrogens is 164 g/mol. The number of rotatable bonds is 2. The van der Waals surface area contributed by atoms with Gasteiger partial charge in [0.2, 0.25) is 0 Å². The Hall–Kier alpha value is -0.900. The van der Waals surface area contributed by atoms with Crippen molar-refractivity contribution in [2.45, 2.75) is 39.3 Å². The van der Waals surface area contributed by atoms with E-state index in [1.165, 1.54) is 12.8 Å². The van der Waals surface area contributed by atoms with Crippen LogP contribution in [0.2, 0.25) is 0 Å². The van der Waals surface area contributed by atoms with Crippen LogP contribution in [0.1, 0.15) is 37.5 Å². The molecule has 1 aromatic heterocycles. The molecule has 0 unspecified atom stereocenters. The first-order valence-electron chi connectivity index (χ1n) is 4.96.